The molecular weight excluding hydrogens is 346 g/mol. The van der Waals surface area contributed by atoms with E-state index in [9.17, 15) is 4.79 Å². The van der Waals surface area contributed by atoms with Crippen LogP contribution >= 0.6 is 12.2 Å². The highest BCUT2D eigenvalue weighted by atomic mass is 32.1. The zero-order valence-electron chi connectivity index (χ0n) is 15.4. The van der Waals surface area contributed by atoms with Crippen LogP contribution in [0.5, 0.6) is 0 Å². The van der Waals surface area contributed by atoms with Crippen molar-refractivity contribution < 1.29 is 9.53 Å². The Balaban J connectivity index is 2.14. The van der Waals surface area contributed by atoms with Gasteiger partial charge in [-0.05, 0) is 56.2 Å². The second-order valence-corrected chi connectivity index (χ2v) is 7.45. The van der Waals surface area contributed by atoms with E-state index in [-0.39, 0.29) is 11.2 Å². The molecule has 0 saturated carbocycles. The Bertz CT molecular complexity index is 740. The fraction of sp³-hybridized carbons (Fsp3) is 0.300. The van der Waals surface area contributed by atoms with Crippen LogP contribution < -0.4 is 11.1 Å². The fourth-order valence-corrected chi connectivity index (χ4v) is 2.49. The van der Waals surface area contributed by atoms with Crippen LogP contribution in [-0.2, 0) is 17.8 Å². The first kappa shape index (κ1) is 19.7. The molecule has 3 N–H and O–H groups in total. The lowest BCUT2D eigenvalue weighted by molar-refractivity contribution is 0.0216. The van der Waals surface area contributed by atoms with Gasteiger partial charge < -0.3 is 15.8 Å². The first-order chi connectivity index (χ1) is 12.2. The quantitative estimate of drug-likeness (QED) is 0.768. The Morgan fingerprint density at radius 2 is 1.58 bits per heavy atom. The third kappa shape index (κ3) is 6.72. The van der Waals surface area contributed by atoms with E-state index in [4.69, 9.17) is 22.7 Å². The monoisotopic (exact) mass is 371 g/mol. The molecule has 0 heterocycles. The van der Waals surface area contributed by atoms with Crippen molar-refractivity contribution in [2.24, 2.45) is 5.73 Å². The van der Waals surface area contributed by atoms with Crippen molar-refractivity contribution in [2.45, 2.75) is 39.5 Å². The molecule has 138 valence electrons. The van der Waals surface area contributed by atoms with E-state index < -0.39 is 5.60 Å². The molecule has 0 saturated heterocycles. The van der Waals surface area contributed by atoms with Crippen LogP contribution in [0.3, 0.4) is 0 Å². The summed E-state index contributed by atoms with van der Waals surface area (Å²) in [5.41, 5.74) is 7.78. The maximum absolute atomic E-state index is 12.6. The number of ether oxygens (including phenoxy) is 1. The largest absolute Gasteiger partial charge is 0.444 e. The van der Waals surface area contributed by atoms with Crippen molar-refractivity contribution in [2.75, 3.05) is 5.32 Å². The Kier molecular flexibility index (Phi) is 6.58. The topological polar surface area (TPSA) is 67.6 Å². The van der Waals surface area contributed by atoms with Gasteiger partial charge in [0.2, 0.25) is 0 Å². The Morgan fingerprint density at radius 3 is 2.08 bits per heavy atom. The lowest BCUT2D eigenvalue weighted by atomic mass is 10.1. The van der Waals surface area contributed by atoms with Crippen molar-refractivity contribution in [3.05, 3.63) is 65.7 Å². The van der Waals surface area contributed by atoms with E-state index >= 15 is 0 Å². The van der Waals surface area contributed by atoms with Gasteiger partial charge in [-0.25, -0.2) is 4.79 Å². The minimum atomic E-state index is -0.545. The average Bonchev–Trinajstić information content (AvgIpc) is 2.55. The Labute approximate surface area is 160 Å². The number of hydrogen-bond acceptors (Lipinski definition) is 3. The zero-order chi connectivity index (χ0) is 19.2. The third-order valence-electron chi connectivity index (χ3n) is 3.46. The minimum absolute atomic E-state index is 0.220. The summed E-state index contributed by atoms with van der Waals surface area (Å²) in [6.45, 7) is 6.51. The van der Waals surface area contributed by atoms with Crippen LogP contribution in [0, 0.1) is 0 Å². The summed E-state index contributed by atoms with van der Waals surface area (Å²) >= 11 is 4.84. The molecule has 6 heteroatoms. The van der Waals surface area contributed by atoms with Gasteiger partial charge in [0.05, 0.1) is 0 Å². The normalized spacial score (nSPS) is 10.9. The number of hydrogen-bond donors (Lipinski definition) is 2. The van der Waals surface area contributed by atoms with Gasteiger partial charge in [0.1, 0.15) is 5.60 Å². The zero-order valence-corrected chi connectivity index (χ0v) is 16.2. The highest BCUT2D eigenvalue weighted by molar-refractivity contribution is 7.80. The SMILES string of the molecule is CC(C)(C)OC(=O)N(Cc1ccccc1)Cc1ccc(NC(N)=S)cc1. The molecule has 0 aliphatic carbocycles. The predicted octanol–water partition coefficient (Wildman–Crippen LogP) is 4.28. The van der Waals surface area contributed by atoms with Gasteiger partial charge in [-0.3, -0.25) is 4.90 Å². The summed E-state index contributed by atoms with van der Waals surface area (Å²) in [7, 11) is 0. The van der Waals surface area contributed by atoms with Crippen LogP contribution in [0.2, 0.25) is 0 Å². The summed E-state index contributed by atoms with van der Waals surface area (Å²) in [5.74, 6) is 0. The first-order valence-electron chi connectivity index (χ1n) is 8.40. The van der Waals surface area contributed by atoms with Gasteiger partial charge in [-0.15, -0.1) is 0 Å². The number of carbonyl (C=O) groups is 1. The highest BCUT2D eigenvalue weighted by Gasteiger charge is 2.22. The summed E-state index contributed by atoms with van der Waals surface area (Å²) in [4.78, 5) is 14.3. The fourth-order valence-electron chi connectivity index (χ4n) is 2.37. The maximum Gasteiger partial charge on any atom is 0.410 e. The molecule has 0 spiro atoms. The van der Waals surface area contributed by atoms with E-state index in [1.165, 1.54) is 0 Å². The van der Waals surface area contributed by atoms with Crippen molar-refractivity contribution in [1.29, 1.82) is 0 Å². The minimum Gasteiger partial charge on any atom is -0.444 e. The van der Waals surface area contributed by atoms with Crippen molar-refractivity contribution in [1.82, 2.24) is 4.90 Å². The molecule has 1 amide bonds. The second kappa shape index (κ2) is 8.67. The Morgan fingerprint density at radius 1 is 1.04 bits per heavy atom. The number of anilines is 1. The standard InChI is InChI=1S/C20H25N3O2S/c1-20(2,3)25-19(24)23(13-15-7-5-4-6-8-15)14-16-9-11-17(12-10-16)22-18(21)26/h4-12H,13-14H2,1-3H3,(H3,21,22,26). The summed E-state index contributed by atoms with van der Waals surface area (Å²) in [5, 5.41) is 3.10. The molecule has 5 nitrogen and oxygen atoms in total. The lowest BCUT2D eigenvalue weighted by Gasteiger charge is -2.27. The molecule has 2 aromatic carbocycles. The third-order valence-corrected chi connectivity index (χ3v) is 3.56. The van der Waals surface area contributed by atoms with Crippen molar-refractivity contribution in [3.63, 3.8) is 0 Å². The van der Waals surface area contributed by atoms with Gasteiger partial charge >= 0.3 is 6.09 Å². The number of carbonyl (C=O) groups excluding carboxylic acids is 1. The number of rotatable bonds is 5. The van der Waals surface area contributed by atoms with E-state index in [2.05, 4.69) is 5.32 Å². The number of thiocarbonyl (C=S) groups is 1. The molecule has 0 unspecified atom stereocenters. The molecule has 0 aliphatic rings. The van der Waals surface area contributed by atoms with Crippen LogP contribution in [0.25, 0.3) is 0 Å². The number of nitrogens with one attached hydrogen (secondary N) is 1. The van der Waals surface area contributed by atoms with Crippen LogP contribution in [0.15, 0.2) is 54.6 Å². The summed E-state index contributed by atoms with van der Waals surface area (Å²) in [6, 6.07) is 17.5. The van der Waals surface area contributed by atoms with Crippen LogP contribution in [0.1, 0.15) is 31.9 Å². The van der Waals surface area contributed by atoms with E-state index in [1.54, 1.807) is 4.90 Å². The Hall–Kier alpha value is -2.60. The molecule has 0 fully saturated rings. The average molecular weight is 372 g/mol. The van der Waals surface area contributed by atoms with E-state index in [0.717, 1.165) is 16.8 Å². The van der Waals surface area contributed by atoms with Crippen molar-refractivity contribution >= 4 is 29.1 Å². The molecule has 2 aromatic rings. The lowest BCUT2D eigenvalue weighted by Crippen LogP contribution is -2.36. The van der Waals surface area contributed by atoms with E-state index in [1.807, 2.05) is 75.4 Å². The van der Waals surface area contributed by atoms with Crippen molar-refractivity contribution in [3.8, 4) is 0 Å². The highest BCUT2D eigenvalue weighted by Crippen LogP contribution is 2.17. The molecular formula is C20H25N3O2S. The molecule has 0 radical (unpaired) electrons. The number of nitrogens with two attached hydrogens (primary N) is 1. The molecule has 0 aromatic heterocycles. The van der Waals surface area contributed by atoms with E-state index in [0.29, 0.717) is 13.1 Å². The number of amides is 1. The second-order valence-electron chi connectivity index (χ2n) is 7.01. The number of nitrogens with zero attached hydrogens (tertiary/aromatic N) is 1. The van der Waals surface area contributed by atoms with Crippen LogP contribution in [0.4, 0.5) is 10.5 Å². The predicted molar refractivity (Wildman–Crippen MR) is 109 cm³/mol. The maximum atomic E-state index is 12.6. The van der Waals surface area contributed by atoms with Crippen LogP contribution in [-0.4, -0.2) is 21.7 Å². The summed E-state index contributed by atoms with van der Waals surface area (Å²) in [6.07, 6.45) is -0.341. The van der Waals surface area contributed by atoms with Gasteiger partial charge in [-0.1, -0.05) is 42.5 Å². The smallest absolute Gasteiger partial charge is 0.410 e. The van der Waals surface area contributed by atoms with Gasteiger partial charge in [0.25, 0.3) is 0 Å². The number of benzene rings is 2. The first-order valence-corrected chi connectivity index (χ1v) is 8.81. The molecule has 0 aliphatic heterocycles. The van der Waals surface area contributed by atoms with Gasteiger partial charge in [0.15, 0.2) is 5.11 Å². The molecule has 2 rings (SSSR count). The molecule has 0 bridgehead atoms. The van der Waals surface area contributed by atoms with Gasteiger partial charge in [0, 0.05) is 18.8 Å². The molecule has 26 heavy (non-hydrogen) atoms. The van der Waals surface area contributed by atoms with Gasteiger partial charge in [-0.2, -0.15) is 0 Å². The molecule has 0 atom stereocenters. The summed E-state index contributed by atoms with van der Waals surface area (Å²) < 4.78 is 5.56.